The normalized spacial score (nSPS) is 11.3. The maximum absolute atomic E-state index is 14.3. The number of nitrogens with one attached hydrogen (secondary N) is 1. The zero-order chi connectivity index (χ0) is 27.6. The highest BCUT2D eigenvalue weighted by molar-refractivity contribution is 5.97. The van der Waals surface area contributed by atoms with Crippen molar-refractivity contribution >= 4 is 35.0 Å². The van der Waals surface area contributed by atoms with Crippen LogP contribution in [0.4, 0.5) is 26.5 Å². The molecular weight excluding hydrogens is 497 g/mol. The molecule has 13 heteroatoms. The van der Waals surface area contributed by atoms with Gasteiger partial charge in [0.2, 0.25) is 0 Å². The number of pyridine rings is 2. The van der Waals surface area contributed by atoms with Gasteiger partial charge in [-0.3, -0.25) is 14.3 Å². The number of aromatic nitrogens is 5. The second-order valence-corrected chi connectivity index (χ2v) is 9.08. The molecule has 0 radical (unpaired) electrons. The molecule has 0 spiro atoms. The smallest absolute Gasteiger partial charge is 0.415 e. The van der Waals surface area contributed by atoms with Gasteiger partial charge in [0.1, 0.15) is 28.5 Å². The molecule has 0 saturated carbocycles. The standard InChI is InChI=1S/C25H26FN7O5/c1-6-37-23(35)15-14-28-33-19(31(5)24(36)38-25(2,3)4)13-18(30-20(15)33)29-17-10-8-12-32(22(17)34)21-16(26)9-7-11-27-21/h7-14H,6H2,1-5H3,(H,29,30). The molecule has 0 aliphatic carbocycles. The van der Waals surface area contributed by atoms with Gasteiger partial charge in [-0.15, -0.1) is 0 Å². The van der Waals surface area contributed by atoms with Gasteiger partial charge in [0.15, 0.2) is 17.3 Å². The van der Waals surface area contributed by atoms with E-state index in [2.05, 4.69) is 20.4 Å². The van der Waals surface area contributed by atoms with Crippen molar-refractivity contribution in [3.63, 3.8) is 0 Å². The lowest BCUT2D eigenvalue weighted by molar-refractivity contribution is 0.0527. The third-order valence-electron chi connectivity index (χ3n) is 5.14. The summed E-state index contributed by atoms with van der Waals surface area (Å²) in [6.07, 6.45) is 3.34. The van der Waals surface area contributed by atoms with Gasteiger partial charge in [0.05, 0.1) is 12.8 Å². The summed E-state index contributed by atoms with van der Waals surface area (Å²) < 4.78 is 27.2. The molecule has 0 bridgehead atoms. The minimum absolute atomic E-state index is 0.0393. The molecule has 38 heavy (non-hydrogen) atoms. The summed E-state index contributed by atoms with van der Waals surface area (Å²) >= 11 is 0. The lowest BCUT2D eigenvalue weighted by atomic mass is 10.2. The van der Waals surface area contributed by atoms with Crippen molar-refractivity contribution in [2.24, 2.45) is 0 Å². The SMILES string of the molecule is CCOC(=O)c1cnn2c(N(C)C(=O)OC(C)(C)C)cc(Nc3cccn(-c4ncccc4F)c3=O)nc12. The largest absolute Gasteiger partial charge is 0.462 e. The zero-order valence-corrected chi connectivity index (χ0v) is 21.4. The summed E-state index contributed by atoms with van der Waals surface area (Å²) in [6, 6.07) is 7.08. The number of amides is 1. The molecule has 0 saturated heterocycles. The average molecular weight is 524 g/mol. The predicted molar refractivity (Wildman–Crippen MR) is 137 cm³/mol. The quantitative estimate of drug-likeness (QED) is 0.376. The van der Waals surface area contributed by atoms with Crippen LogP contribution in [0.15, 0.2) is 53.7 Å². The van der Waals surface area contributed by atoms with Gasteiger partial charge in [-0.1, -0.05) is 0 Å². The number of hydrogen-bond acceptors (Lipinski definition) is 9. The highest BCUT2D eigenvalue weighted by Crippen LogP contribution is 2.25. The summed E-state index contributed by atoms with van der Waals surface area (Å²) in [6.45, 7) is 6.98. The van der Waals surface area contributed by atoms with E-state index in [0.717, 1.165) is 4.57 Å². The minimum Gasteiger partial charge on any atom is -0.462 e. The first-order valence-electron chi connectivity index (χ1n) is 11.6. The van der Waals surface area contributed by atoms with E-state index in [9.17, 15) is 18.8 Å². The molecular formula is C25H26FN7O5. The molecule has 0 aliphatic rings. The number of rotatable bonds is 6. The second-order valence-electron chi connectivity index (χ2n) is 9.08. The Balaban J connectivity index is 1.82. The van der Waals surface area contributed by atoms with Crippen molar-refractivity contribution in [2.45, 2.75) is 33.3 Å². The first kappa shape index (κ1) is 26.3. The number of hydrogen-bond donors (Lipinski definition) is 1. The number of fused-ring (bicyclic) bond motifs is 1. The molecule has 0 aromatic carbocycles. The van der Waals surface area contributed by atoms with Gasteiger partial charge in [-0.2, -0.15) is 9.61 Å². The lowest BCUT2D eigenvalue weighted by Crippen LogP contribution is -2.35. The van der Waals surface area contributed by atoms with Crippen LogP contribution in [-0.2, 0) is 9.47 Å². The van der Waals surface area contributed by atoms with E-state index in [1.165, 1.54) is 65.4 Å². The third kappa shape index (κ3) is 5.31. The number of carbonyl (C=O) groups excluding carboxylic acids is 2. The van der Waals surface area contributed by atoms with E-state index in [-0.39, 0.29) is 41.0 Å². The van der Waals surface area contributed by atoms with Crippen LogP contribution in [0.5, 0.6) is 0 Å². The Labute approximate surface area is 216 Å². The van der Waals surface area contributed by atoms with Crippen LogP contribution in [0.1, 0.15) is 38.1 Å². The predicted octanol–water partition coefficient (Wildman–Crippen LogP) is 3.71. The molecule has 0 fully saturated rings. The first-order valence-corrected chi connectivity index (χ1v) is 11.6. The Hall–Kier alpha value is -4.81. The van der Waals surface area contributed by atoms with E-state index < -0.39 is 29.0 Å². The molecule has 4 aromatic rings. The monoisotopic (exact) mass is 523 g/mol. The Kier molecular flexibility index (Phi) is 7.10. The van der Waals surface area contributed by atoms with E-state index in [1.807, 2.05) is 0 Å². The van der Waals surface area contributed by atoms with Gasteiger partial charge in [-0.05, 0) is 52.0 Å². The summed E-state index contributed by atoms with van der Waals surface area (Å²) in [4.78, 5) is 48.1. The Morgan fingerprint density at radius 2 is 1.97 bits per heavy atom. The number of nitrogens with zero attached hydrogens (tertiary/aromatic N) is 6. The highest BCUT2D eigenvalue weighted by atomic mass is 19.1. The third-order valence-corrected chi connectivity index (χ3v) is 5.14. The van der Waals surface area contributed by atoms with Crippen molar-refractivity contribution in [3.8, 4) is 5.82 Å². The van der Waals surface area contributed by atoms with Crippen LogP contribution in [0, 0.1) is 5.82 Å². The van der Waals surface area contributed by atoms with E-state index in [4.69, 9.17) is 9.47 Å². The van der Waals surface area contributed by atoms with Crippen molar-refractivity contribution in [3.05, 3.63) is 70.7 Å². The molecule has 0 atom stereocenters. The van der Waals surface area contributed by atoms with Crippen molar-refractivity contribution < 1.29 is 23.5 Å². The Morgan fingerprint density at radius 3 is 2.66 bits per heavy atom. The number of anilines is 3. The summed E-state index contributed by atoms with van der Waals surface area (Å²) in [5.74, 6) is -1.22. The van der Waals surface area contributed by atoms with E-state index in [1.54, 1.807) is 27.7 Å². The first-order chi connectivity index (χ1) is 18.0. The van der Waals surface area contributed by atoms with Gasteiger partial charge in [-0.25, -0.2) is 23.9 Å². The zero-order valence-electron chi connectivity index (χ0n) is 21.4. The highest BCUT2D eigenvalue weighted by Gasteiger charge is 2.25. The van der Waals surface area contributed by atoms with Crippen LogP contribution in [-0.4, -0.2) is 55.5 Å². The summed E-state index contributed by atoms with van der Waals surface area (Å²) in [7, 11) is 1.47. The van der Waals surface area contributed by atoms with Crippen molar-refractivity contribution in [2.75, 3.05) is 23.9 Å². The maximum atomic E-state index is 14.3. The number of carbonyl (C=O) groups is 2. The minimum atomic E-state index is -0.769. The maximum Gasteiger partial charge on any atom is 0.415 e. The van der Waals surface area contributed by atoms with E-state index in [0.29, 0.717) is 0 Å². The fourth-order valence-corrected chi connectivity index (χ4v) is 3.48. The summed E-state index contributed by atoms with van der Waals surface area (Å²) in [5.41, 5.74) is -1.21. The van der Waals surface area contributed by atoms with Crippen LogP contribution in [0.3, 0.4) is 0 Å². The molecule has 4 aromatic heterocycles. The molecule has 198 valence electrons. The topological polar surface area (TPSA) is 133 Å². The van der Waals surface area contributed by atoms with Crippen LogP contribution in [0.25, 0.3) is 11.5 Å². The molecule has 1 amide bonds. The van der Waals surface area contributed by atoms with E-state index >= 15 is 0 Å². The van der Waals surface area contributed by atoms with Gasteiger partial charge < -0.3 is 14.8 Å². The second kappa shape index (κ2) is 10.3. The number of esters is 1. The van der Waals surface area contributed by atoms with Crippen molar-refractivity contribution in [1.29, 1.82) is 0 Å². The molecule has 12 nitrogen and oxygen atoms in total. The Bertz CT molecular complexity index is 1570. The fourth-order valence-electron chi connectivity index (χ4n) is 3.48. The average Bonchev–Trinajstić information content (AvgIpc) is 3.28. The molecule has 4 heterocycles. The molecule has 0 unspecified atom stereocenters. The van der Waals surface area contributed by atoms with Crippen LogP contribution in [0.2, 0.25) is 0 Å². The number of ether oxygens (including phenoxy) is 2. The number of halogens is 1. The molecule has 0 aliphatic heterocycles. The summed E-state index contributed by atoms with van der Waals surface area (Å²) in [5, 5.41) is 7.11. The van der Waals surface area contributed by atoms with Crippen molar-refractivity contribution in [1.82, 2.24) is 24.1 Å². The Morgan fingerprint density at radius 1 is 1.21 bits per heavy atom. The van der Waals surface area contributed by atoms with Gasteiger partial charge in [0.25, 0.3) is 5.56 Å². The van der Waals surface area contributed by atoms with Crippen LogP contribution < -0.4 is 15.8 Å². The molecule has 1 N–H and O–H groups in total. The lowest BCUT2D eigenvalue weighted by Gasteiger charge is -2.25. The molecule has 4 rings (SSSR count). The van der Waals surface area contributed by atoms with Crippen LogP contribution >= 0.6 is 0 Å². The van der Waals surface area contributed by atoms with Gasteiger partial charge in [0, 0.05) is 25.5 Å². The fraction of sp³-hybridized carbons (Fsp3) is 0.280. The van der Waals surface area contributed by atoms with Gasteiger partial charge >= 0.3 is 12.1 Å².